The van der Waals surface area contributed by atoms with E-state index >= 15 is 0 Å². The zero-order valence-electron chi connectivity index (χ0n) is 19.0. The molecule has 1 aromatic carbocycles. The summed E-state index contributed by atoms with van der Waals surface area (Å²) in [6.45, 7) is 4.97. The fraction of sp³-hybridized carbons (Fsp3) is 0.500. The number of terminal acetylenes is 1. The lowest BCUT2D eigenvalue weighted by Crippen LogP contribution is -2.56. The fourth-order valence-corrected chi connectivity index (χ4v) is 5.77. The lowest BCUT2D eigenvalue weighted by molar-refractivity contribution is -0.134. The van der Waals surface area contributed by atoms with Gasteiger partial charge in [-0.05, 0) is 55.8 Å². The summed E-state index contributed by atoms with van der Waals surface area (Å²) in [5.41, 5.74) is 3.37. The maximum absolute atomic E-state index is 13.9. The standard InChI is InChI=1S/C26H30ClN5O/c1-3-20-15-31(13-14-32(20)25-23-17(2)6-11-22(23)29-16-30-25)26(33)24(21-5-4-12-28-21)18-7-9-19(27)10-8-18/h1,7-10,16-17,20-21,24,28H,4-6,11-15H2,2H3/t17?,20-,21-,24-/m0/s1. The number of aromatic nitrogens is 2. The number of aryl methyl sites for hydroxylation is 1. The van der Waals surface area contributed by atoms with Gasteiger partial charge in [0.05, 0.1) is 12.5 Å². The molecule has 1 aliphatic carbocycles. The van der Waals surface area contributed by atoms with Crippen molar-refractivity contribution >= 4 is 23.3 Å². The molecule has 2 fully saturated rings. The fourth-order valence-electron chi connectivity index (χ4n) is 5.64. The van der Waals surface area contributed by atoms with E-state index in [0.29, 0.717) is 30.6 Å². The Morgan fingerprint density at radius 1 is 1.24 bits per heavy atom. The number of halogens is 1. The minimum atomic E-state index is -0.238. The zero-order valence-corrected chi connectivity index (χ0v) is 19.8. The quantitative estimate of drug-likeness (QED) is 0.704. The number of nitrogens with one attached hydrogen (secondary N) is 1. The SMILES string of the molecule is C#C[C@H]1CN(C(=O)[C@@H](c2ccc(Cl)cc2)[C@@H]2CCCN2)CCN1c1ncnc2c1C(C)CC2. The number of rotatable bonds is 4. The summed E-state index contributed by atoms with van der Waals surface area (Å²) < 4.78 is 0. The van der Waals surface area contributed by atoms with Gasteiger partial charge in [-0.25, -0.2) is 9.97 Å². The van der Waals surface area contributed by atoms with E-state index in [9.17, 15) is 4.79 Å². The molecule has 172 valence electrons. The molecular weight excluding hydrogens is 434 g/mol. The van der Waals surface area contributed by atoms with Crippen molar-refractivity contribution in [2.75, 3.05) is 31.1 Å². The smallest absolute Gasteiger partial charge is 0.231 e. The first-order valence-electron chi connectivity index (χ1n) is 11.9. The zero-order chi connectivity index (χ0) is 22.9. The van der Waals surface area contributed by atoms with E-state index in [2.05, 4.69) is 33.0 Å². The molecule has 1 N–H and O–H groups in total. The van der Waals surface area contributed by atoms with Crippen molar-refractivity contribution in [3.63, 3.8) is 0 Å². The molecule has 3 aliphatic rings. The van der Waals surface area contributed by atoms with Crippen LogP contribution in [0.25, 0.3) is 0 Å². The van der Waals surface area contributed by atoms with E-state index in [1.54, 1.807) is 6.33 Å². The highest BCUT2D eigenvalue weighted by Gasteiger charge is 2.39. The summed E-state index contributed by atoms with van der Waals surface area (Å²) in [7, 11) is 0. The molecule has 0 radical (unpaired) electrons. The van der Waals surface area contributed by atoms with Crippen molar-refractivity contribution in [2.24, 2.45) is 0 Å². The van der Waals surface area contributed by atoms with Crippen molar-refractivity contribution in [1.82, 2.24) is 20.2 Å². The third kappa shape index (κ3) is 4.20. The second kappa shape index (κ2) is 9.32. The van der Waals surface area contributed by atoms with Crippen LogP contribution in [0, 0.1) is 12.3 Å². The van der Waals surface area contributed by atoms with E-state index in [4.69, 9.17) is 18.0 Å². The van der Waals surface area contributed by atoms with Crippen molar-refractivity contribution < 1.29 is 4.79 Å². The monoisotopic (exact) mass is 463 g/mol. The lowest BCUT2D eigenvalue weighted by atomic mass is 9.88. The molecule has 7 heteroatoms. The van der Waals surface area contributed by atoms with Gasteiger partial charge in [0.25, 0.3) is 0 Å². The summed E-state index contributed by atoms with van der Waals surface area (Å²) >= 11 is 6.12. The summed E-state index contributed by atoms with van der Waals surface area (Å²) in [6, 6.07) is 7.61. The highest BCUT2D eigenvalue weighted by atomic mass is 35.5. The van der Waals surface area contributed by atoms with E-state index in [1.807, 2.05) is 29.2 Å². The summed E-state index contributed by atoms with van der Waals surface area (Å²) in [5, 5.41) is 4.21. The summed E-state index contributed by atoms with van der Waals surface area (Å²) in [5.74, 6) is 4.22. The highest BCUT2D eigenvalue weighted by Crippen LogP contribution is 2.38. The first-order chi connectivity index (χ1) is 16.1. The van der Waals surface area contributed by atoms with E-state index < -0.39 is 0 Å². The Bertz CT molecular complexity index is 1060. The molecule has 0 spiro atoms. The van der Waals surface area contributed by atoms with Gasteiger partial charge in [-0.3, -0.25) is 4.79 Å². The maximum Gasteiger partial charge on any atom is 0.231 e. The van der Waals surface area contributed by atoms with Crippen LogP contribution < -0.4 is 10.2 Å². The van der Waals surface area contributed by atoms with Crippen LogP contribution in [-0.4, -0.2) is 59.0 Å². The summed E-state index contributed by atoms with van der Waals surface area (Å²) in [4.78, 5) is 27.1. The van der Waals surface area contributed by atoms with Gasteiger partial charge in [0.15, 0.2) is 0 Å². The molecular formula is C26H30ClN5O. The van der Waals surface area contributed by atoms with Crippen molar-refractivity contribution in [2.45, 2.75) is 56.5 Å². The molecule has 2 saturated heterocycles. The molecule has 3 heterocycles. The maximum atomic E-state index is 13.9. The third-order valence-electron chi connectivity index (χ3n) is 7.40. The normalized spacial score (nSPS) is 25.5. The Kier molecular flexibility index (Phi) is 6.27. The van der Waals surface area contributed by atoms with Crippen LogP contribution in [-0.2, 0) is 11.2 Å². The van der Waals surface area contributed by atoms with Gasteiger partial charge in [0.2, 0.25) is 5.91 Å². The second-order valence-electron chi connectivity index (χ2n) is 9.39. The largest absolute Gasteiger partial charge is 0.339 e. The van der Waals surface area contributed by atoms with Crippen LogP contribution >= 0.6 is 11.6 Å². The number of anilines is 1. The number of hydrogen-bond acceptors (Lipinski definition) is 5. The summed E-state index contributed by atoms with van der Waals surface area (Å²) in [6.07, 6.45) is 11.8. The van der Waals surface area contributed by atoms with Gasteiger partial charge in [-0.1, -0.05) is 36.6 Å². The number of nitrogens with zero attached hydrogens (tertiary/aromatic N) is 4. The minimum absolute atomic E-state index is 0.131. The average Bonchev–Trinajstić information content (AvgIpc) is 3.50. The topological polar surface area (TPSA) is 61.4 Å². The predicted octanol–water partition coefficient (Wildman–Crippen LogP) is 3.37. The van der Waals surface area contributed by atoms with Crippen LogP contribution in [0.1, 0.15) is 54.8 Å². The first-order valence-corrected chi connectivity index (χ1v) is 12.3. The lowest BCUT2D eigenvalue weighted by Gasteiger charge is -2.42. The van der Waals surface area contributed by atoms with Gasteiger partial charge in [0.1, 0.15) is 18.2 Å². The average molecular weight is 464 g/mol. The molecule has 2 aliphatic heterocycles. The van der Waals surface area contributed by atoms with Gasteiger partial charge in [-0.15, -0.1) is 6.42 Å². The number of hydrogen-bond donors (Lipinski definition) is 1. The molecule has 5 rings (SSSR count). The number of carbonyl (C=O) groups is 1. The molecule has 0 bridgehead atoms. The molecule has 1 unspecified atom stereocenters. The molecule has 6 nitrogen and oxygen atoms in total. The number of amides is 1. The Morgan fingerprint density at radius 3 is 2.79 bits per heavy atom. The van der Waals surface area contributed by atoms with Gasteiger partial charge >= 0.3 is 0 Å². The van der Waals surface area contributed by atoms with Crippen molar-refractivity contribution in [3.05, 3.63) is 52.4 Å². The van der Waals surface area contributed by atoms with Crippen LogP contribution in [0.3, 0.4) is 0 Å². The van der Waals surface area contributed by atoms with Crippen LogP contribution in [0.2, 0.25) is 5.02 Å². The molecule has 0 saturated carbocycles. The Morgan fingerprint density at radius 2 is 2.06 bits per heavy atom. The number of piperazine rings is 1. The van der Waals surface area contributed by atoms with Crippen molar-refractivity contribution in [1.29, 1.82) is 0 Å². The van der Waals surface area contributed by atoms with E-state index in [-0.39, 0.29) is 23.9 Å². The molecule has 4 atom stereocenters. The molecule has 1 aromatic heterocycles. The van der Waals surface area contributed by atoms with E-state index in [1.165, 1.54) is 5.56 Å². The Labute approximate surface area is 200 Å². The van der Waals surface area contributed by atoms with Gasteiger partial charge < -0.3 is 15.1 Å². The van der Waals surface area contributed by atoms with Crippen LogP contribution in [0.5, 0.6) is 0 Å². The third-order valence-corrected chi connectivity index (χ3v) is 7.66. The van der Waals surface area contributed by atoms with E-state index in [0.717, 1.165) is 49.3 Å². The van der Waals surface area contributed by atoms with Crippen LogP contribution in [0.15, 0.2) is 30.6 Å². The molecule has 33 heavy (non-hydrogen) atoms. The number of carbonyl (C=O) groups excluding carboxylic acids is 1. The Hall–Kier alpha value is -2.62. The molecule has 1 amide bonds. The first kappa shape index (κ1) is 22.2. The Balaban J connectivity index is 1.39. The van der Waals surface area contributed by atoms with Crippen LogP contribution in [0.4, 0.5) is 5.82 Å². The molecule has 2 aromatic rings. The van der Waals surface area contributed by atoms with Gasteiger partial charge in [-0.2, -0.15) is 0 Å². The minimum Gasteiger partial charge on any atom is -0.339 e. The predicted molar refractivity (Wildman–Crippen MR) is 131 cm³/mol. The number of benzene rings is 1. The number of fused-ring (bicyclic) bond motifs is 1. The van der Waals surface area contributed by atoms with Crippen molar-refractivity contribution in [3.8, 4) is 12.3 Å². The van der Waals surface area contributed by atoms with Gasteiger partial charge in [0, 0.05) is 35.4 Å². The second-order valence-corrected chi connectivity index (χ2v) is 9.83. The highest BCUT2D eigenvalue weighted by molar-refractivity contribution is 6.30.